The third-order valence-electron chi connectivity index (χ3n) is 8.30. The maximum atomic E-state index is 12.4. The van der Waals surface area contributed by atoms with E-state index in [2.05, 4.69) is 21.3 Å². The van der Waals surface area contributed by atoms with Gasteiger partial charge >= 0.3 is 6.03 Å². The summed E-state index contributed by atoms with van der Waals surface area (Å²) < 4.78 is 0. The molecule has 0 aromatic heterocycles. The van der Waals surface area contributed by atoms with Gasteiger partial charge in [-0.1, -0.05) is 124 Å². The second-order valence-corrected chi connectivity index (χ2v) is 17.2. The molecule has 8 N–H and O–H groups in total. The van der Waals surface area contributed by atoms with Crippen molar-refractivity contribution in [2.45, 2.75) is 66.8 Å². The van der Waals surface area contributed by atoms with Crippen LogP contribution in [-0.2, 0) is 22.7 Å². The van der Waals surface area contributed by atoms with Crippen molar-refractivity contribution in [1.82, 2.24) is 20.9 Å². The van der Waals surface area contributed by atoms with E-state index in [1.807, 2.05) is 77.9 Å². The average molecular weight is 879 g/mol. The largest absolute Gasteiger partial charge is 0.399 e. The van der Waals surface area contributed by atoms with Gasteiger partial charge in [-0.3, -0.25) is 9.59 Å². The Morgan fingerprint density at radius 1 is 0.655 bits per heavy atom. The first-order valence-corrected chi connectivity index (χ1v) is 20.0. The van der Waals surface area contributed by atoms with Crippen LogP contribution in [-0.4, -0.2) is 60.1 Å². The lowest BCUT2D eigenvalue weighted by molar-refractivity contribution is -0.129. The first kappa shape index (κ1) is 50.1. The molecule has 0 fully saturated rings. The van der Waals surface area contributed by atoms with Crippen LogP contribution >= 0.6 is 46.4 Å². The monoisotopic (exact) mass is 876 g/mol. The third kappa shape index (κ3) is 17.8. The van der Waals surface area contributed by atoms with E-state index in [4.69, 9.17) is 52.1 Å². The third-order valence-corrected chi connectivity index (χ3v) is 9.78. The van der Waals surface area contributed by atoms with E-state index in [0.717, 1.165) is 22.4 Å². The molecule has 2 atom stereocenters. The molecule has 316 valence electrons. The Labute approximate surface area is 362 Å². The number of aliphatic hydroxyl groups excluding tert-OH is 2. The van der Waals surface area contributed by atoms with Gasteiger partial charge in [-0.15, -0.1) is 0 Å². The van der Waals surface area contributed by atoms with Gasteiger partial charge in [0.15, 0.2) is 0 Å². The fourth-order valence-electron chi connectivity index (χ4n) is 4.65. The van der Waals surface area contributed by atoms with E-state index in [1.165, 1.54) is 4.90 Å². The minimum absolute atomic E-state index is 0.0259. The maximum absolute atomic E-state index is 12.4. The summed E-state index contributed by atoms with van der Waals surface area (Å²) in [6.45, 7) is 12.8. The molecule has 0 radical (unpaired) electrons. The Hall–Kier alpha value is -4.07. The molecule has 15 heteroatoms. The van der Waals surface area contributed by atoms with Gasteiger partial charge in [-0.05, 0) is 77.8 Å². The number of aliphatic hydroxyl groups is 2. The molecule has 4 aromatic carbocycles. The van der Waals surface area contributed by atoms with E-state index >= 15 is 0 Å². The number of rotatable bonds is 11. The second kappa shape index (κ2) is 23.5. The number of urea groups is 1. The molecule has 0 aliphatic rings. The lowest BCUT2D eigenvalue weighted by Crippen LogP contribution is -2.35. The molecule has 4 rings (SSSR count). The van der Waals surface area contributed by atoms with Gasteiger partial charge in [0.05, 0.1) is 38.8 Å². The molecule has 0 aliphatic heterocycles. The molecule has 11 nitrogen and oxygen atoms in total. The Balaban J connectivity index is 0.000000343. The van der Waals surface area contributed by atoms with Crippen molar-refractivity contribution in [3.63, 3.8) is 0 Å². The number of halogens is 4. The van der Waals surface area contributed by atoms with Gasteiger partial charge in [0.25, 0.3) is 0 Å². The smallest absolute Gasteiger partial charge is 0.321 e. The maximum Gasteiger partial charge on any atom is 0.321 e. The second-order valence-electron chi connectivity index (χ2n) is 15.6. The zero-order valence-corrected chi connectivity index (χ0v) is 37.2. The van der Waals surface area contributed by atoms with Crippen molar-refractivity contribution in [2.75, 3.05) is 38.2 Å². The van der Waals surface area contributed by atoms with Gasteiger partial charge in [0.1, 0.15) is 0 Å². The van der Waals surface area contributed by atoms with Crippen LogP contribution in [0.4, 0.5) is 16.2 Å². The highest BCUT2D eigenvalue weighted by Gasteiger charge is 2.21. The fourth-order valence-corrected chi connectivity index (χ4v) is 5.27. The number of nitrogens with zero attached hydrogens (tertiary/aromatic N) is 1. The Kier molecular flexibility index (Phi) is 20.3. The number of hydrogen-bond donors (Lipinski definition) is 7. The van der Waals surface area contributed by atoms with Crippen molar-refractivity contribution < 1.29 is 24.6 Å². The molecule has 0 heterocycles. The van der Waals surface area contributed by atoms with Crippen LogP contribution in [0.3, 0.4) is 0 Å². The van der Waals surface area contributed by atoms with Crippen molar-refractivity contribution in [3.8, 4) is 0 Å². The first-order valence-electron chi connectivity index (χ1n) is 18.4. The number of nitrogens with two attached hydrogens (primary N) is 1. The molecular formula is C43H56Cl4N6O5. The van der Waals surface area contributed by atoms with E-state index in [1.54, 1.807) is 62.6 Å². The van der Waals surface area contributed by atoms with E-state index in [9.17, 15) is 24.6 Å². The fraction of sp³-hybridized carbons (Fsp3) is 0.372. The normalized spacial score (nSPS) is 12.1. The summed E-state index contributed by atoms with van der Waals surface area (Å²) in [6, 6.07) is 24.3. The topological polar surface area (TPSA) is 169 Å². The van der Waals surface area contributed by atoms with Crippen LogP contribution in [0.25, 0.3) is 0 Å². The van der Waals surface area contributed by atoms with Crippen LogP contribution in [0, 0.1) is 10.8 Å². The van der Waals surface area contributed by atoms with Gasteiger partial charge in [-0.25, -0.2) is 4.79 Å². The van der Waals surface area contributed by atoms with Crippen LogP contribution < -0.4 is 27.0 Å². The number of benzene rings is 4. The quantitative estimate of drug-likeness (QED) is 0.0738. The lowest BCUT2D eigenvalue weighted by Gasteiger charge is -2.22. The van der Waals surface area contributed by atoms with Gasteiger partial charge in [-0.2, -0.15) is 0 Å². The number of anilines is 2. The first-order chi connectivity index (χ1) is 27.0. The molecule has 0 bridgehead atoms. The minimum Gasteiger partial charge on any atom is -0.399 e. The van der Waals surface area contributed by atoms with Crippen molar-refractivity contribution in [3.05, 3.63) is 127 Å². The number of hydrogen-bond acceptors (Lipinski definition) is 7. The highest BCUT2D eigenvalue weighted by Crippen LogP contribution is 2.27. The molecule has 0 aliphatic carbocycles. The summed E-state index contributed by atoms with van der Waals surface area (Å²) in [4.78, 5) is 37.3. The zero-order chi connectivity index (χ0) is 43.8. The Morgan fingerprint density at radius 2 is 1.07 bits per heavy atom. The number of carbonyl (C=O) groups is 3. The predicted octanol–water partition coefficient (Wildman–Crippen LogP) is 9.03. The molecular weight excluding hydrogens is 822 g/mol. The van der Waals surface area contributed by atoms with Crippen molar-refractivity contribution >= 4 is 75.6 Å². The zero-order valence-electron chi connectivity index (χ0n) is 34.2. The average Bonchev–Trinajstić information content (AvgIpc) is 3.16. The summed E-state index contributed by atoms with van der Waals surface area (Å²) in [5, 5.41) is 33.1. The van der Waals surface area contributed by atoms with E-state index in [-0.39, 0.29) is 29.8 Å². The van der Waals surface area contributed by atoms with E-state index < -0.39 is 17.6 Å². The SMILES string of the molecule is CC(C)(C)C(=O)NCc1ccc(N)cc1.CN(C[C@@H](O)c1ccc(Cl)c(Cl)c1)C(=O)Nc1ccc(CNC(=O)C(C)(C)C)cc1.CNC[C@@H](O)c1ccc(Cl)c(Cl)c1. The van der Waals surface area contributed by atoms with Crippen LogP contribution in [0.5, 0.6) is 0 Å². The molecule has 0 saturated carbocycles. The van der Waals surface area contributed by atoms with Crippen LogP contribution in [0.1, 0.15) is 76.0 Å². The van der Waals surface area contributed by atoms with Crippen LogP contribution in [0.2, 0.25) is 20.1 Å². The van der Waals surface area contributed by atoms with Crippen molar-refractivity contribution in [1.29, 1.82) is 0 Å². The number of amides is 4. The summed E-state index contributed by atoms with van der Waals surface area (Å²) in [6.07, 6.45) is -1.44. The van der Waals surface area contributed by atoms with Gasteiger partial charge in [0.2, 0.25) is 11.8 Å². The Morgan fingerprint density at radius 3 is 1.47 bits per heavy atom. The molecule has 0 saturated heterocycles. The minimum atomic E-state index is -0.899. The number of nitrogens with one attached hydrogen (secondary N) is 4. The van der Waals surface area contributed by atoms with Crippen molar-refractivity contribution in [2.24, 2.45) is 10.8 Å². The molecule has 0 unspecified atom stereocenters. The standard InChI is InChI=1S/C22H27Cl2N3O3.C12H18N2O.C9H11Cl2NO/c1-22(2,3)20(29)25-12-14-5-8-16(9-6-14)26-21(30)27(4)13-19(28)15-7-10-17(23)18(24)11-15;1-12(2,3)11(15)14-8-9-4-6-10(13)7-5-9;1-12-5-9(13)6-2-3-7(10)8(11)4-6/h5-11,19,28H,12-13H2,1-4H3,(H,25,29)(H,26,30);4-7H,8,13H2,1-3H3,(H,14,15);2-4,9,12-13H,5H2,1H3/t19-;;9-/m1.1/s1. The summed E-state index contributed by atoms with van der Waals surface area (Å²) in [5.74, 6) is 0.0290. The summed E-state index contributed by atoms with van der Waals surface area (Å²) in [7, 11) is 3.37. The van der Waals surface area contributed by atoms with E-state index in [0.29, 0.717) is 51.0 Å². The van der Waals surface area contributed by atoms with Gasteiger partial charge < -0.3 is 42.1 Å². The number of nitrogen functional groups attached to an aromatic ring is 1. The summed E-state index contributed by atoms with van der Waals surface area (Å²) >= 11 is 23.4. The molecule has 4 aromatic rings. The van der Waals surface area contributed by atoms with Crippen LogP contribution in [0.15, 0.2) is 84.9 Å². The highest BCUT2D eigenvalue weighted by molar-refractivity contribution is 6.42. The highest BCUT2D eigenvalue weighted by atomic mass is 35.5. The number of likely N-dealkylation sites (N-methyl/N-ethyl adjacent to an activating group) is 2. The molecule has 58 heavy (non-hydrogen) atoms. The Bertz CT molecular complexity index is 1930. The lowest BCUT2D eigenvalue weighted by atomic mass is 9.95. The number of carbonyl (C=O) groups excluding carboxylic acids is 3. The molecule has 0 spiro atoms. The predicted molar refractivity (Wildman–Crippen MR) is 238 cm³/mol. The summed E-state index contributed by atoms with van der Waals surface area (Å²) in [5.41, 5.74) is 9.46. The van der Waals surface area contributed by atoms with Gasteiger partial charge in [0, 0.05) is 48.9 Å². The molecule has 4 amide bonds.